The lowest BCUT2D eigenvalue weighted by atomic mass is 10.2. The van der Waals surface area contributed by atoms with Crippen LogP contribution in [0.25, 0.3) is 0 Å². The number of carbonyl (C=O) groups is 1. The molecule has 2 rings (SSSR count). The number of thiazole rings is 1. The molecule has 0 saturated heterocycles. The van der Waals surface area contributed by atoms with Gasteiger partial charge in [0.15, 0.2) is 8.68 Å². The van der Waals surface area contributed by atoms with E-state index in [4.69, 9.17) is 11.6 Å². The SMILES string of the molecule is O=C(ONS(=O)(=O)c1cnc(Cl)s1)c1ccccc1. The highest BCUT2D eigenvalue weighted by molar-refractivity contribution is 7.91. The molecule has 6 nitrogen and oxygen atoms in total. The molecule has 0 atom stereocenters. The first-order chi connectivity index (χ1) is 8.99. The van der Waals surface area contributed by atoms with E-state index in [9.17, 15) is 13.2 Å². The van der Waals surface area contributed by atoms with Crippen LogP contribution in [0.2, 0.25) is 4.47 Å². The lowest BCUT2D eigenvalue weighted by Gasteiger charge is -2.04. The van der Waals surface area contributed by atoms with Gasteiger partial charge in [-0.1, -0.05) is 41.1 Å². The summed E-state index contributed by atoms with van der Waals surface area (Å²) in [7, 11) is -3.96. The molecule has 0 aliphatic rings. The number of rotatable bonds is 4. The zero-order valence-electron chi connectivity index (χ0n) is 9.24. The standard InChI is InChI=1S/C10H7ClN2O4S2/c11-10-12-6-8(18-10)19(15,16)13-17-9(14)7-4-2-1-3-5-7/h1-6,13H. The quantitative estimate of drug-likeness (QED) is 0.869. The molecular weight excluding hydrogens is 312 g/mol. The number of carbonyl (C=O) groups excluding carboxylic acids is 1. The zero-order valence-corrected chi connectivity index (χ0v) is 11.6. The van der Waals surface area contributed by atoms with Gasteiger partial charge in [0.05, 0.1) is 11.8 Å². The minimum atomic E-state index is -3.96. The Labute approximate surface area is 118 Å². The largest absolute Gasteiger partial charge is 0.357 e. The molecule has 0 unspecified atom stereocenters. The predicted molar refractivity (Wildman–Crippen MR) is 69.3 cm³/mol. The maximum absolute atomic E-state index is 11.7. The third-order valence-electron chi connectivity index (χ3n) is 1.97. The van der Waals surface area contributed by atoms with Crippen molar-refractivity contribution in [2.75, 3.05) is 0 Å². The molecule has 0 aliphatic heterocycles. The number of hydrogen-bond donors (Lipinski definition) is 1. The predicted octanol–water partition coefficient (Wildman–Crippen LogP) is 1.85. The van der Waals surface area contributed by atoms with Crippen LogP contribution in [0.3, 0.4) is 0 Å². The van der Waals surface area contributed by atoms with Crippen LogP contribution in [0.15, 0.2) is 40.7 Å². The van der Waals surface area contributed by atoms with Crippen LogP contribution in [0, 0.1) is 0 Å². The highest BCUT2D eigenvalue weighted by Gasteiger charge is 2.20. The monoisotopic (exact) mass is 318 g/mol. The molecule has 0 radical (unpaired) electrons. The molecule has 0 bridgehead atoms. The van der Waals surface area contributed by atoms with Crippen LogP contribution < -0.4 is 4.89 Å². The van der Waals surface area contributed by atoms with E-state index in [1.165, 1.54) is 12.1 Å². The summed E-state index contributed by atoms with van der Waals surface area (Å²) < 4.78 is 23.3. The van der Waals surface area contributed by atoms with E-state index in [0.717, 1.165) is 17.5 Å². The number of hydrogen-bond acceptors (Lipinski definition) is 6. The molecule has 19 heavy (non-hydrogen) atoms. The van der Waals surface area contributed by atoms with E-state index in [1.807, 2.05) is 0 Å². The van der Waals surface area contributed by atoms with Crippen molar-refractivity contribution in [3.8, 4) is 0 Å². The summed E-state index contributed by atoms with van der Waals surface area (Å²) in [5.41, 5.74) is 0.229. The highest BCUT2D eigenvalue weighted by Crippen LogP contribution is 2.22. The molecule has 1 aromatic heterocycles. The van der Waals surface area contributed by atoms with Crippen molar-refractivity contribution < 1.29 is 18.0 Å². The normalized spacial score (nSPS) is 11.2. The number of nitrogens with zero attached hydrogens (tertiary/aromatic N) is 1. The van der Waals surface area contributed by atoms with Gasteiger partial charge in [0, 0.05) is 0 Å². The first kappa shape index (κ1) is 13.9. The Balaban J connectivity index is 2.05. The summed E-state index contributed by atoms with van der Waals surface area (Å²) in [6, 6.07) is 7.99. The van der Waals surface area contributed by atoms with Gasteiger partial charge in [0.2, 0.25) is 0 Å². The number of benzene rings is 1. The Kier molecular flexibility index (Phi) is 4.15. The molecule has 9 heteroatoms. The van der Waals surface area contributed by atoms with E-state index >= 15 is 0 Å². The highest BCUT2D eigenvalue weighted by atomic mass is 35.5. The Hall–Kier alpha value is -1.48. The Morgan fingerprint density at radius 1 is 1.32 bits per heavy atom. The van der Waals surface area contributed by atoms with Crippen molar-refractivity contribution in [1.82, 2.24) is 9.87 Å². The average molecular weight is 319 g/mol. The first-order valence-corrected chi connectivity index (χ1v) is 7.56. The molecule has 0 aliphatic carbocycles. The minimum Gasteiger partial charge on any atom is -0.351 e. The molecule has 0 spiro atoms. The third-order valence-corrected chi connectivity index (χ3v) is 4.73. The van der Waals surface area contributed by atoms with Crippen molar-refractivity contribution in [3.05, 3.63) is 46.6 Å². The van der Waals surface area contributed by atoms with Crippen molar-refractivity contribution in [1.29, 1.82) is 0 Å². The Morgan fingerprint density at radius 2 is 2.00 bits per heavy atom. The van der Waals surface area contributed by atoms with E-state index in [-0.39, 0.29) is 14.2 Å². The van der Waals surface area contributed by atoms with Crippen LogP contribution in [0.1, 0.15) is 10.4 Å². The summed E-state index contributed by atoms with van der Waals surface area (Å²) in [5, 5.41) is 0. The summed E-state index contributed by atoms with van der Waals surface area (Å²) >= 11 is 6.29. The molecule has 1 aromatic carbocycles. The number of aromatic nitrogens is 1. The van der Waals surface area contributed by atoms with Gasteiger partial charge in [-0.25, -0.2) is 18.2 Å². The maximum Gasteiger partial charge on any atom is 0.357 e. The van der Waals surface area contributed by atoms with Crippen molar-refractivity contribution in [2.45, 2.75) is 4.21 Å². The first-order valence-electron chi connectivity index (χ1n) is 4.88. The van der Waals surface area contributed by atoms with Gasteiger partial charge in [-0.2, -0.15) is 0 Å². The van der Waals surface area contributed by atoms with E-state index in [2.05, 4.69) is 9.82 Å². The van der Waals surface area contributed by atoms with Crippen molar-refractivity contribution in [3.63, 3.8) is 0 Å². The topological polar surface area (TPSA) is 85.4 Å². The van der Waals surface area contributed by atoms with Gasteiger partial charge >= 0.3 is 5.97 Å². The molecule has 0 amide bonds. The minimum absolute atomic E-state index is 0.0785. The average Bonchev–Trinajstić information content (AvgIpc) is 2.85. The molecule has 100 valence electrons. The fraction of sp³-hybridized carbons (Fsp3) is 0. The van der Waals surface area contributed by atoms with Crippen LogP contribution in [-0.2, 0) is 14.9 Å². The van der Waals surface area contributed by atoms with Crippen molar-refractivity contribution in [2.24, 2.45) is 0 Å². The number of sulfonamides is 1. The second-order valence-electron chi connectivity index (χ2n) is 3.27. The lowest BCUT2D eigenvalue weighted by Crippen LogP contribution is -2.26. The summed E-state index contributed by atoms with van der Waals surface area (Å²) in [6.07, 6.45) is 1.08. The van der Waals surface area contributed by atoms with Gasteiger partial charge in [-0.05, 0) is 17.0 Å². The zero-order chi connectivity index (χ0) is 13.9. The number of halogens is 1. The fourth-order valence-corrected chi connectivity index (χ4v) is 3.18. The van der Waals surface area contributed by atoms with Crippen molar-refractivity contribution >= 4 is 38.9 Å². The second-order valence-corrected chi connectivity index (χ2v) is 6.76. The molecule has 0 saturated carbocycles. The lowest BCUT2D eigenvalue weighted by molar-refractivity contribution is 0.0408. The molecular formula is C10H7ClN2O4S2. The number of nitrogens with one attached hydrogen (secondary N) is 1. The fourth-order valence-electron chi connectivity index (χ4n) is 1.13. The van der Waals surface area contributed by atoms with Crippen LogP contribution in [0.5, 0.6) is 0 Å². The molecule has 2 aromatic rings. The van der Waals surface area contributed by atoms with Gasteiger partial charge < -0.3 is 4.84 Å². The van der Waals surface area contributed by atoms with Crippen LogP contribution in [-0.4, -0.2) is 19.4 Å². The molecule has 0 fully saturated rings. The summed E-state index contributed by atoms with van der Waals surface area (Å²) in [4.78, 5) is 21.4. The molecule has 1 heterocycles. The van der Waals surface area contributed by atoms with Gasteiger partial charge in [0.1, 0.15) is 0 Å². The maximum atomic E-state index is 11.7. The van der Waals surface area contributed by atoms with Gasteiger partial charge in [-0.15, -0.1) is 0 Å². The summed E-state index contributed by atoms with van der Waals surface area (Å²) in [5.74, 6) is -0.806. The van der Waals surface area contributed by atoms with Crippen LogP contribution >= 0.6 is 22.9 Å². The van der Waals surface area contributed by atoms with Gasteiger partial charge in [-0.3, -0.25) is 0 Å². The Bertz CT molecular complexity index is 685. The summed E-state index contributed by atoms with van der Waals surface area (Å²) in [6.45, 7) is 0. The smallest absolute Gasteiger partial charge is 0.351 e. The Morgan fingerprint density at radius 3 is 2.58 bits per heavy atom. The van der Waals surface area contributed by atoms with E-state index < -0.39 is 16.0 Å². The second kappa shape index (κ2) is 5.66. The van der Waals surface area contributed by atoms with E-state index in [0.29, 0.717) is 0 Å². The van der Waals surface area contributed by atoms with Gasteiger partial charge in [0.25, 0.3) is 10.0 Å². The van der Waals surface area contributed by atoms with E-state index in [1.54, 1.807) is 23.1 Å². The van der Waals surface area contributed by atoms with Crippen LogP contribution in [0.4, 0.5) is 0 Å². The molecule has 1 N–H and O–H groups in total. The third kappa shape index (κ3) is 3.51.